The zero-order valence-corrected chi connectivity index (χ0v) is 21.0. The number of thiophene rings is 1. The fraction of sp³-hybridized carbons (Fsp3) is 0.333. The molecular formula is C24H25N3O5S2. The van der Waals surface area contributed by atoms with Crippen molar-refractivity contribution >= 4 is 35.0 Å². The molecule has 34 heavy (non-hydrogen) atoms. The molecule has 0 atom stereocenters. The van der Waals surface area contributed by atoms with E-state index >= 15 is 0 Å². The summed E-state index contributed by atoms with van der Waals surface area (Å²) in [7, 11) is 3.18. The summed E-state index contributed by atoms with van der Waals surface area (Å²) in [6.45, 7) is 2.36. The number of rotatable bonds is 7. The SMILES string of the molecule is COc1cc2c(cc1OC)CN(C(=O)COC(=O)c1c(C)nc(-c3cccs3)nc1SC)CC2. The first-order valence-corrected chi connectivity index (χ1v) is 12.7. The first kappa shape index (κ1) is 24.0. The molecule has 0 saturated carbocycles. The molecule has 0 bridgehead atoms. The highest BCUT2D eigenvalue weighted by Crippen LogP contribution is 2.33. The largest absolute Gasteiger partial charge is 0.493 e. The molecule has 0 saturated heterocycles. The topological polar surface area (TPSA) is 90.8 Å². The first-order valence-electron chi connectivity index (χ1n) is 10.6. The van der Waals surface area contributed by atoms with Gasteiger partial charge in [0.2, 0.25) is 0 Å². The van der Waals surface area contributed by atoms with Crippen LogP contribution in [0, 0.1) is 6.92 Å². The van der Waals surface area contributed by atoms with Crippen LogP contribution in [-0.4, -0.2) is 60.4 Å². The molecule has 178 valence electrons. The van der Waals surface area contributed by atoms with Crippen molar-refractivity contribution in [1.29, 1.82) is 0 Å². The van der Waals surface area contributed by atoms with E-state index in [2.05, 4.69) is 9.97 Å². The van der Waals surface area contributed by atoms with E-state index in [4.69, 9.17) is 14.2 Å². The third kappa shape index (κ3) is 4.88. The number of carbonyl (C=O) groups excluding carboxylic acids is 2. The molecule has 1 amide bonds. The Morgan fingerprint density at radius 1 is 1.15 bits per heavy atom. The molecule has 3 heterocycles. The van der Waals surface area contributed by atoms with Crippen molar-refractivity contribution in [3.05, 3.63) is 52.0 Å². The Morgan fingerprint density at radius 2 is 1.88 bits per heavy atom. The van der Waals surface area contributed by atoms with Gasteiger partial charge in [0.1, 0.15) is 10.6 Å². The number of carbonyl (C=O) groups is 2. The van der Waals surface area contributed by atoms with Gasteiger partial charge in [-0.2, -0.15) is 0 Å². The van der Waals surface area contributed by atoms with Gasteiger partial charge >= 0.3 is 5.97 Å². The Labute approximate surface area is 206 Å². The van der Waals surface area contributed by atoms with Gasteiger partial charge in [0.05, 0.1) is 24.8 Å². The standard InChI is InChI=1S/C24H25N3O5S2/c1-14-21(23(33-4)26-22(25-14)19-6-5-9-34-19)24(29)32-13-20(28)27-8-7-15-10-17(30-2)18(31-3)11-16(15)12-27/h5-6,9-11H,7-8,12-13H2,1-4H3. The number of aryl methyl sites for hydroxylation is 1. The van der Waals surface area contributed by atoms with E-state index in [0.29, 0.717) is 53.1 Å². The second kappa shape index (κ2) is 10.4. The fourth-order valence-electron chi connectivity index (χ4n) is 3.83. The van der Waals surface area contributed by atoms with Crippen LogP contribution in [0.2, 0.25) is 0 Å². The van der Waals surface area contributed by atoms with Crippen LogP contribution in [0.3, 0.4) is 0 Å². The number of benzene rings is 1. The van der Waals surface area contributed by atoms with E-state index in [9.17, 15) is 9.59 Å². The summed E-state index contributed by atoms with van der Waals surface area (Å²) < 4.78 is 16.1. The van der Waals surface area contributed by atoms with Gasteiger partial charge in [-0.05, 0) is 54.3 Å². The summed E-state index contributed by atoms with van der Waals surface area (Å²) in [4.78, 5) is 37.3. The summed E-state index contributed by atoms with van der Waals surface area (Å²) in [5.74, 6) is 1.00. The van der Waals surface area contributed by atoms with Crippen molar-refractivity contribution in [1.82, 2.24) is 14.9 Å². The van der Waals surface area contributed by atoms with Gasteiger partial charge in [0, 0.05) is 13.1 Å². The lowest BCUT2D eigenvalue weighted by atomic mass is 9.99. The van der Waals surface area contributed by atoms with Crippen LogP contribution in [-0.2, 0) is 22.5 Å². The highest BCUT2D eigenvalue weighted by Gasteiger charge is 2.26. The average Bonchev–Trinajstić information content (AvgIpc) is 3.40. The molecule has 10 heteroatoms. The minimum absolute atomic E-state index is 0.256. The summed E-state index contributed by atoms with van der Waals surface area (Å²) >= 11 is 2.88. The minimum atomic E-state index is -0.600. The zero-order valence-electron chi connectivity index (χ0n) is 19.4. The van der Waals surface area contributed by atoms with E-state index in [1.165, 1.54) is 23.1 Å². The van der Waals surface area contributed by atoms with E-state index in [-0.39, 0.29) is 12.5 Å². The molecule has 0 N–H and O–H groups in total. The van der Waals surface area contributed by atoms with Gasteiger partial charge in [-0.3, -0.25) is 4.79 Å². The number of esters is 1. The molecule has 0 fully saturated rings. The van der Waals surface area contributed by atoms with Crippen LogP contribution in [0.15, 0.2) is 34.7 Å². The Hall–Kier alpha value is -3.11. The monoisotopic (exact) mass is 499 g/mol. The van der Waals surface area contributed by atoms with E-state index < -0.39 is 5.97 Å². The lowest BCUT2D eigenvalue weighted by molar-refractivity contribution is -0.135. The summed E-state index contributed by atoms with van der Waals surface area (Å²) in [6.07, 6.45) is 2.53. The Bertz CT molecular complexity index is 1210. The molecule has 8 nitrogen and oxygen atoms in total. The number of hydrogen-bond donors (Lipinski definition) is 0. The van der Waals surface area contributed by atoms with Crippen LogP contribution >= 0.6 is 23.1 Å². The van der Waals surface area contributed by atoms with Crippen LogP contribution in [0.4, 0.5) is 0 Å². The zero-order chi connectivity index (χ0) is 24.2. The number of ether oxygens (including phenoxy) is 3. The van der Waals surface area contributed by atoms with Gasteiger partial charge in [0.15, 0.2) is 23.9 Å². The number of aromatic nitrogens is 2. The van der Waals surface area contributed by atoms with Crippen LogP contribution in [0.5, 0.6) is 11.5 Å². The van der Waals surface area contributed by atoms with Crippen molar-refractivity contribution in [2.24, 2.45) is 0 Å². The molecule has 0 aliphatic carbocycles. The molecule has 1 aliphatic heterocycles. The number of fused-ring (bicyclic) bond motifs is 1. The summed E-state index contributed by atoms with van der Waals surface area (Å²) in [6, 6.07) is 7.70. The fourth-order valence-corrected chi connectivity index (χ4v) is 5.10. The van der Waals surface area contributed by atoms with Crippen molar-refractivity contribution in [2.45, 2.75) is 24.9 Å². The van der Waals surface area contributed by atoms with E-state index in [1.54, 1.807) is 26.0 Å². The van der Waals surface area contributed by atoms with Gasteiger partial charge in [-0.15, -0.1) is 23.1 Å². The van der Waals surface area contributed by atoms with Gasteiger partial charge in [-0.25, -0.2) is 14.8 Å². The maximum atomic E-state index is 12.9. The molecule has 0 unspecified atom stereocenters. The average molecular weight is 500 g/mol. The Kier molecular flexibility index (Phi) is 7.38. The van der Waals surface area contributed by atoms with Crippen molar-refractivity contribution in [3.63, 3.8) is 0 Å². The molecule has 4 rings (SSSR count). The number of thioether (sulfide) groups is 1. The minimum Gasteiger partial charge on any atom is -0.493 e. The van der Waals surface area contributed by atoms with E-state index in [1.807, 2.05) is 35.9 Å². The molecular weight excluding hydrogens is 474 g/mol. The number of nitrogens with zero attached hydrogens (tertiary/aromatic N) is 3. The molecule has 1 aliphatic rings. The highest BCUT2D eigenvalue weighted by molar-refractivity contribution is 7.98. The van der Waals surface area contributed by atoms with Crippen LogP contribution < -0.4 is 9.47 Å². The number of amides is 1. The van der Waals surface area contributed by atoms with Crippen LogP contribution in [0.1, 0.15) is 27.2 Å². The third-order valence-corrected chi connectivity index (χ3v) is 7.14. The maximum Gasteiger partial charge on any atom is 0.343 e. The Morgan fingerprint density at radius 3 is 2.53 bits per heavy atom. The maximum absolute atomic E-state index is 12.9. The smallest absolute Gasteiger partial charge is 0.343 e. The quantitative estimate of drug-likeness (QED) is 0.274. The predicted octanol–water partition coefficient (Wildman–Crippen LogP) is 3.99. The van der Waals surface area contributed by atoms with Gasteiger partial charge in [-0.1, -0.05) is 6.07 Å². The van der Waals surface area contributed by atoms with E-state index in [0.717, 1.165) is 16.0 Å². The summed E-state index contributed by atoms with van der Waals surface area (Å²) in [5.41, 5.74) is 2.91. The first-order chi connectivity index (χ1) is 16.4. The number of hydrogen-bond acceptors (Lipinski definition) is 9. The lowest BCUT2D eigenvalue weighted by Gasteiger charge is -2.29. The molecule has 0 spiro atoms. The van der Waals surface area contributed by atoms with Crippen molar-refractivity contribution in [2.75, 3.05) is 33.6 Å². The molecule has 2 aromatic heterocycles. The lowest BCUT2D eigenvalue weighted by Crippen LogP contribution is -2.38. The molecule has 3 aromatic rings. The number of methoxy groups -OCH3 is 2. The normalized spacial score (nSPS) is 12.8. The van der Waals surface area contributed by atoms with Gasteiger partial charge < -0.3 is 19.1 Å². The van der Waals surface area contributed by atoms with Gasteiger partial charge in [0.25, 0.3) is 5.91 Å². The predicted molar refractivity (Wildman–Crippen MR) is 131 cm³/mol. The van der Waals surface area contributed by atoms with Crippen LogP contribution in [0.25, 0.3) is 10.7 Å². The third-order valence-electron chi connectivity index (χ3n) is 5.59. The second-order valence-electron chi connectivity index (χ2n) is 7.61. The second-order valence-corrected chi connectivity index (χ2v) is 9.35. The molecule has 1 aromatic carbocycles. The van der Waals surface area contributed by atoms with Crippen molar-refractivity contribution < 1.29 is 23.8 Å². The Balaban J connectivity index is 1.44. The highest BCUT2D eigenvalue weighted by atomic mass is 32.2. The summed E-state index contributed by atoms with van der Waals surface area (Å²) in [5, 5.41) is 2.48. The molecule has 0 radical (unpaired) electrons. The van der Waals surface area contributed by atoms with Crippen molar-refractivity contribution in [3.8, 4) is 22.2 Å².